The first-order chi connectivity index (χ1) is 11.8. The van der Waals surface area contributed by atoms with E-state index >= 15 is 0 Å². The highest BCUT2D eigenvalue weighted by Crippen LogP contribution is 2.35. The van der Waals surface area contributed by atoms with E-state index in [9.17, 15) is 5.11 Å². The highest BCUT2D eigenvalue weighted by Gasteiger charge is 2.39. The smallest absolute Gasteiger partial charge is 0.127 e. The number of benzene rings is 2. The van der Waals surface area contributed by atoms with Crippen LogP contribution in [0.15, 0.2) is 54.6 Å². The van der Waals surface area contributed by atoms with Crippen LogP contribution in [0.3, 0.4) is 0 Å². The summed E-state index contributed by atoms with van der Waals surface area (Å²) in [7, 11) is 0. The van der Waals surface area contributed by atoms with Crippen LogP contribution in [-0.2, 0) is 0 Å². The average molecular weight is 325 g/mol. The molecule has 4 nitrogen and oxygen atoms in total. The minimum Gasteiger partial charge on any atom is -0.488 e. The Kier molecular flexibility index (Phi) is 4.41. The Bertz CT molecular complexity index is 658. The van der Waals surface area contributed by atoms with E-state index in [4.69, 9.17) is 9.47 Å². The quantitative estimate of drug-likeness (QED) is 0.906. The maximum Gasteiger partial charge on any atom is 0.127 e. The molecule has 4 atom stereocenters. The molecule has 2 aromatic carbocycles. The number of hydrogen-bond acceptors (Lipinski definition) is 4. The van der Waals surface area contributed by atoms with Crippen molar-refractivity contribution in [3.8, 4) is 17.2 Å². The molecule has 0 unspecified atom stereocenters. The van der Waals surface area contributed by atoms with Crippen molar-refractivity contribution < 1.29 is 14.6 Å². The number of para-hydroxylation sites is 1. The molecule has 4 heteroatoms. The molecule has 24 heavy (non-hydrogen) atoms. The molecule has 0 spiro atoms. The first-order valence-electron chi connectivity index (χ1n) is 8.66. The number of fused-ring (bicyclic) bond motifs is 1. The van der Waals surface area contributed by atoms with E-state index in [1.54, 1.807) is 0 Å². The molecule has 1 saturated heterocycles. The van der Waals surface area contributed by atoms with Crippen molar-refractivity contribution in [1.82, 2.24) is 5.32 Å². The minimum absolute atomic E-state index is 0.118. The number of rotatable bonds is 4. The highest BCUT2D eigenvalue weighted by molar-refractivity contribution is 5.35. The summed E-state index contributed by atoms with van der Waals surface area (Å²) in [6.45, 7) is 2.07. The van der Waals surface area contributed by atoms with Gasteiger partial charge in [-0.15, -0.1) is 0 Å². The van der Waals surface area contributed by atoms with Gasteiger partial charge >= 0.3 is 0 Å². The number of hydrogen-bond donors (Lipinski definition) is 2. The van der Waals surface area contributed by atoms with Gasteiger partial charge in [0.25, 0.3) is 0 Å². The van der Waals surface area contributed by atoms with E-state index in [-0.39, 0.29) is 12.2 Å². The first-order valence-corrected chi connectivity index (χ1v) is 8.66. The van der Waals surface area contributed by atoms with Gasteiger partial charge in [-0.05, 0) is 74.2 Å². The number of aliphatic hydroxyl groups excluding tert-OH is 1. The minimum atomic E-state index is -0.383. The van der Waals surface area contributed by atoms with Crippen LogP contribution in [0.4, 0.5) is 0 Å². The van der Waals surface area contributed by atoms with Crippen LogP contribution in [0.2, 0.25) is 0 Å². The van der Waals surface area contributed by atoms with Gasteiger partial charge in [-0.3, -0.25) is 0 Å². The molecule has 0 aromatic heterocycles. The Balaban J connectivity index is 1.38. The molecule has 126 valence electrons. The van der Waals surface area contributed by atoms with E-state index < -0.39 is 0 Å². The lowest BCUT2D eigenvalue weighted by atomic mass is 9.78. The summed E-state index contributed by atoms with van der Waals surface area (Å²) in [4.78, 5) is 0. The molecular weight excluding hydrogens is 302 g/mol. The third-order valence-corrected chi connectivity index (χ3v) is 5.08. The van der Waals surface area contributed by atoms with Gasteiger partial charge in [-0.2, -0.15) is 0 Å². The zero-order valence-corrected chi connectivity index (χ0v) is 13.6. The Morgan fingerprint density at radius 1 is 0.792 bits per heavy atom. The lowest BCUT2D eigenvalue weighted by Gasteiger charge is -2.35. The van der Waals surface area contributed by atoms with Crippen LogP contribution in [-0.4, -0.2) is 30.4 Å². The van der Waals surface area contributed by atoms with Gasteiger partial charge in [0.1, 0.15) is 23.4 Å². The van der Waals surface area contributed by atoms with Gasteiger partial charge in [0.15, 0.2) is 0 Å². The molecule has 2 N–H and O–H groups in total. The van der Waals surface area contributed by atoms with Gasteiger partial charge in [0.05, 0.1) is 6.10 Å². The van der Waals surface area contributed by atoms with E-state index in [2.05, 4.69) is 5.32 Å². The second kappa shape index (κ2) is 6.83. The van der Waals surface area contributed by atoms with Crippen molar-refractivity contribution in [1.29, 1.82) is 0 Å². The number of aliphatic hydroxyl groups is 1. The van der Waals surface area contributed by atoms with Gasteiger partial charge in [0, 0.05) is 0 Å². The van der Waals surface area contributed by atoms with Crippen molar-refractivity contribution >= 4 is 0 Å². The Morgan fingerprint density at radius 2 is 1.42 bits per heavy atom. The van der Waals surface area contributed by atoms with Crippen LogP contribution in [0.5, 0.6) is 17.2 Å². The Morgan fingerprint density at radius 3 is 2.17 bits per heavy atom. The maximum absolute atomic E-state index is 10.3. The molecule has 1 saturated carbocycles. The number of ether oxygens (including phenoxy) is 2. The molecule has 1 heterocycles. The number of nitrogens with one attached hydrogen (secondary N) is 1. The van der Waals surface area contributed by atoms with Crippen LogP contribution < -0.4 is 14.8 Å². The summed E-state index contributed by atoms with van der Waals surface area (Å²) in [6.07, 6.45) is 1.25. The molecule has 2 aromatic rings. The maximum atomic E-state index is 10.3. The van der Waals surface area contributed by atoms with E-state index in [0.29, 0.717) is 11.8 Å². The van der Waals surface area contributed by atoms with Crippen LogP contribution >= 0.6 is 0 Å². The zero-order valence-electron chi connectivity index (χ0n) is 13.6. The summed E-state index contributed by atoms with van der Waals surface area (Å²) in [5, 5.41) is 13.8. The largest absolute Gasteiger partial charge is 0.488 e. The van der Waals surface area contributed by atoms with Crippen molar-refractivity contribution in [2.75, 3.05) is 13.1 Å². The van der Waals surface area contributed by atoms with Crippen LogP contribution in [0.25, 0.3) is 0 Å². The SMILES string of the molecule is O[C@@H]1C[C@H]2CNC[C@H]2C[C@H]1Oc1ccc(Oc2ccccc2)cc1. The molecule has 2 fully saturated rings. The zero-order chi connectivity index (χ0) is 16.4. The predicted octanol–water partition coefficient (Wildman–Crippen LogP) is 3.22. The standard InChI is InChI=1S/C20H23NO3/c22-19-10-14-12-21-13-15(14)11-20(19)24-18-8-6-17(7-9-18)23-16-4-2-1-3-5-16/h1-9,14-15,19-22H,10-13H2/t14-,15+,19+,20+/m0/s1. The van der Waals surface area contributed by atoms with Gasteiger partial charge < -0.3 is 19.9 Å². The second-order valence-corrected chi connectivity index (χ2v) is 6.76. The lowest BCUT2D eigenvalue weighted by Crippen LogP contribution is -2.42. The average Bonchev–Trinajstić information content (AvgIpc) is 3.05. The van der Waals surface area contributed by atoms with Crippen LogP contribution in [0, 0.1) is 11.8 Å². The molecule has 0 bridgehead atoms. The summed E-state index contributed by atoms with van der Waals surface area (Å²) < 4.78 is 11.8. The van der Waals surface area contributed by atoms with Gasteiger partial charge in [-0.1, -0.05) is 18.2 Å². The molecule has 1 aliphatic heterocycles. The van der Waals surface area contributed by atoms with Crippen molar-refractivity contribution in [2.24, 2.45) is 11.8 Å². The van der Waals surface area contributed by atoms with Gasteiger partial charge in [0.2, 0.25) is 0 Å². The highest BCUT2D eigenvalue weighted by atomic mass is 16.5. The molecule has 0 amide bonds. The first kappa shape index (κ1) is 15.5. The fourth-order valence-corrected chi connectivity index (χ4v) is 3.77. The topological polar surface area (TPSA) is 50.7 Å². The van der Waals surface area contributed by atoms with Crippen molar-refractivity contribution in [3.63, 3.8) is 0 Å². The fourth-order valence-electron chi connectivity index (χ4n) is 3.77. The third-order valence-electron chi connectivity index (χ3n) is 5.08. The van der Waals surface area contributed by atoms with E-state index in [0.717, 1.165) is 43.2 Å². The summed E-state index contributed by atoms with van der Waals surface area (Å²) >= 11 is 0. The lowest BCUT2D eigenvalue weighted by molar-refractivity contribution is -0.0231. The van der Waals surface area contributed by atoms with Crippen molar-refractivity contribution in [3.05, 3.63) is 54.6 Å². The summed E-state index contributed by atoms with van der Waals surface area (Å²) in [5.41, 5.74) is 0. The Hall–Kier alpha value is -2.04. The normalized spacial score (nSPS) is 29.0. The molecular formula is C20H23NO3. The molecule has 1 aliphatic carbocycles. The second-order valence-electron chi connectivity index (χ2n) is 6.76. The molecule has 0 radical (unpaired) electrons. The predicted molar refractivity (Wildman–Crippen MR) is 92.5 cm³/mol. The summed E-state index contributed by atoms with van der Waals surface area (Å²) in [5.74, 6) is 3.59. The van der Waals surface area contributed by atoms with Crippen LogP contribution in [0.1, 0.15) is 12.8 Å². The molecule has 4 rings (SSSR count). The van der Waals surface area contributed by atoms with Crippen molar-refractivity contribution in [2.45, 2.75) is 25.0 Å². The van der Waals surface area contributed by atoms with E-state index in [1.165, 1.54) is 0 Å². The monoisotopic (exact) mass is 325 g/mol. The Labute approximate surface area is 142 Å². The summed E-state index contributed by atoms with van der Waals surface area (Å²) in [6, 6.07) is 17.3. The fraction of sp³-hybridized carbons (Fsp3) is 0.400. The van der Waals surface area contributed by atoms with E-state index in [1.807, 2.05) is 54.6 Å². The third kappa shape index (κ3) is 3.40. The van der Waals surface area contributed by atoms with Gasteiger partial charge in [-0.25, -0.2) is 0 Å². The molecule has 2 aliphatic rings.